The smallest absolute Gasteiger partial charge is 0.254 e. The highest BCUT2D eigenvalue weighted by Crippen LogP contribution is 2.34. The third-order valence-corrected chi connectivity index (χ3v) is 5.67. The Kier molecular flexibility index (Phi) is 4.72. The van der Waals surface area contributed by atoms with Crippen molar-refractivity contribution in [2.45, 2.75) is 31.7 Å². The molecule has 1 spiro atoms. The first-order chi connectivity index (χ1) is 12.9. The fraction of sp³-hybridized carbons (Fsp3) is 0.600. The SMILES string of the molecule is C[C@@H](Cc1ccc2c(c1)OCO2)CN1CCC2(CC1)N=C(N(C)C)NC2=O. The fourth-order valence-electron chi connectivity index (χ4n) is 4.13. The predicted octanol–water partition coefficient (Wildman–Crippen LogP) is 1.48. The molecule has 7 nitrogen and oxygen atoms in total. The lowest BCUT2D eigenvalue weighted by atomic mass is 9.87. The summed E-state index contributed by atoms with van der Waals surface area (Å²) in [6, 6.07) is 6.20. The molecule has 0 unspecified atom stereocenters. The number of likely N-dealkylation sites (tertiary alicyclic amines) is 1. The zero-order valence-corrected chi connectivity index (χ0v) is 16.3. The lowest BCUT2D eigenvalue weighted by molar-refractivity contribution is -0.125. The third kappa shape index (κ3) is 3.60. The maximum atomic E-state index is 12.4. The van der Waals surface area contributed by atoms with Crippen molar-refractivity contribution >= 4 is 11.9 Å². The van der Waals surface area contributed by atoms with E-state index in [2.05, 4.69) is 29.3 Å². The number of amides is 1. The molecule has 0 saturated carbocycles. The highest BCUT2D eigenvalue weighted by atomic mass is 16.7. The molecule has 1 aromatic carbocycles. The van der Waals surface area contributed by atoms with E-state index in [-0.39, 0.29) is 5.91 Å². The number of aliphatic imine (C=N–C) groups is 1. The van der Waals surface area contributed by atoms with Gasteiger partial charge in [0.1, 0.15) is 5.54 Å². The van der Waals surface area contributed by atoms with Crippen LogP contribution in [-0.4, -0.2) is 67.7 Å². The fourth-order valence-corrected chi connectivity index (χ4v) is 4.13. The van der Waals surface area contributed by atoms with Crippen molar-refractivity contribution in [1.29, 1.82) is 0 Å². The summed E-state index contributed by atoms with van der Waals surface area (Å²) in [5.74, 6) is 2.95. The number of carbonyl (C=O) groups is 1. The number of rotatable bonds is 4. The van der Waals surface area contributed by atoms with E-state index in [4.69, 9.17) is 14.5 Å². The molecule has 1 N–H and O–H groups in total. The predicted molar refractivity (Wildman–Crippen MR) is 103 cm³/mol. The standard InChI is InChI=1S/C20H28N4O3/c1-14(10-15-4-5-16-17(11-15)27-13-26-16)12-24-8-6-20(7-9-24)18(25)21-19(22-20)23(2)3/h4-5,11,14H,6-10,12-13H2,1-3H3,(H,21,22,25)/t14-/m0/s1. The monoisotopic (exact) mass is 372 g/mol. The van der Waals surface area contributed by atoms with Crippen LogP contribution in [0, 0.1) is 5.92 Å². The Morgan fingerprint density at radius 3 is 2.70 bits per heavy atom. The van der Waals surface area contributed by atoms with Gasteiger partial charge in [0.05, 0.1) is 0 Å². The molecule has 3 heterocycles. The van der Waals surface area contributed by atoms with Crippen molar-refractivity contribution in [3.05, 3.63) is 23.8 Å². The molecule has 146 valence electrons. The highest BCUT2D eigenvalue weighted by Gasteiger charge is 2.46. The van der Waals surface area contributed by atoms with Crippen LogP contribution in [0.2, 0.25) is 0 Å². The molecule has 0 aliphatic carbocycles. The number of ether oxygens (including phenoxy) is 2. The Labute approximate surface area is 160 Å². The third-order valence-electron chi connectivity index (χ3n) is 5.67. The Bertz CT molecular complexity index is 754. The van der Waals surface area contributed by atoms with Crippen LogP contribution >= 0.6 is 0 Å². The van der Waals surface area contributed by atoms with Crippen LogP contribution in [0.25, 0.3) is 0 Å². The molecular weight excluding hydrogens is 344 g/mol. The second kappa shape index (κ2) is 7.03. The van der Waals surface area contributed by atoms with Crippen LogP contribution < -0.4 is 14.8 Å². The topological polar surface area (TPSA) is 66.4 Å². The number of benzene rings is 1. The van der Waals surface area contributed by atoms with Crippen molar-refractivity contribution in [2.24, 2.45) is 10.9 Å². The molecule has 1 aromatic rings. The zero-order valence-electron chi connectivity index (χ0n) is 16.3. The molecular formula is C20H28N4O3. The van der Waals surface area contributed by atoms with Crippen molar-refractivity contribution in [3.63, 3.8) is 0 Å². The van der Waals surface area contributed by atoms with Gasteiger partial charge in [-0.15, -0.1) is 0 Å². The van der Waals surface area contributed by atoms with Gasteiger partial charge < -0.3 is 19.3 Å². The molecule has 1 fully saturated rings. The molecule has 0 radical (unpaired) electrons. The summed E-state index contributed by atoms with van der Waals surface area (Å²) in [6.45, 7) is 5.43. The van der Waals surface area contributed by atoms with Gasteiger partial charge in [0.15, 0.2) is 11.5 Å². The summed E-state index contributed by atoms with van der Waals surface area (Å²) in [5.41, 5.74) is 0.715. The first-order valence-corrected chi connectivity index (χ1v) is 9.65. The first kappa shape index (κ1) is 18.1. The van der Waals surface area contributed by atoms with Gasteiger partial charge in [-0.1, -0.05) is 13.0 Å². The summed E-state index contributed by atoms with van der Waals surface area (Å²) in [6.07, 6.45) is 2.57. The summed E-state index contributed by atoms with van der Waals surface area (Å²) >= 11 is 0. The largest absolute Gasteiger partial charge is 0.454 e. The van der Waals surface area contributed by atoms with E-state index in [1.54, 1.807) is 0 Å². The summed E-state index contributed by atoms with van der Waals surface area (Å²) < 4.78 is 10.9. The van der Waals surface area contributed by atoms with Crippen LogP contribution in [0.15, 0.2) is 23.2 Å². The average molecular weight is 372 g/mol. The lowest BCUT2D eigenvalue weighted by Crippen LogP contribution is -2.50. The lowest BCUT2D eigenvalue weighted by Gasteiger charge is -2.36. The van der Waals surface area contributed by atoms with Gasteiger partial charge in [0.2, 0.25) is 12.8 Å². The van der Waals surface area contributed by atoms with Crippen LogP contribution in [0.3, 0.4) is 0 Å². The number of piperidine rings is 1. The van der Waals surface area contributed by atoms with E-state index < -0.39 is 5.54 Å². The molecule has 0 aromatic heterocycles. The molecule has 4 rings (SSSR count). The number of carbonyl (C=O) groups excluding carboxylic acids is 1. The second-order valence-corrected chi connectivity index (χ2v) is 8.11. The van der Waals surface area contributed by atoms with Crippen LogP contribution in [0.4, 0.5) is 0 Å². The number of hydrogen-bond acceptors (Lipinski definition) is 6. The number of hydrogen-bond donors (Lipinski definition) is 1. The second-order valence-electron chi connectivity index (χ2n) is 8.11. The Balaban J connectivity index is 1.31. The summed E-state index contributed by atoms with van der Waals surface area (Å²) in [4.78, 5) is 21.5. The zero-order chi connectivity index (χ0) is 19.0. The Morgan fingerprint density at radius 2 is 2.00 bits per heavy atom. The minimum atomic E-state index is -0.559. The Hall–Kier alpha value is -2.28. The number of nitrogens with zero attached hydrogens (tertiary/aromatic N) is 3. The summed E-state index contributed by atoms with van der Waals surface area (Å²) in [5, 5.41) is 2.92. The molecule has 27 heavy (non-hydrogen) atoms. The van der Waals surface area contributed by atoms with Gasteiger partial charge in [-0.3, -0.25) is 10.1 Å². The molecule has 1 atom stereocenters. The van der Waals surface area contributed by atoms with Gasteiger partial charge in [-0.2, -0.15) is 0 Å². The average Bonchev–Trinajstić information content (AvgIpc) is 3.22. The van der Waals surface area contributed by atoms with Gasteiger partial charge in [0, 0.05) is 33.7 Å². The van der Waals surface area contributed by atoms with E-state index in [1.807, 2.05) is 25.1 Å². The number of nitrogens with one attached hydrogen (secondary N) is 1. The van der Waals surface area contributed by atoms with Crippen molar-refractivity contribution in [3.8, 4) is 11.5 Å². The molecule has 0 bridgehead atoms. The maximum Gasteiger partial charge on any atom is 0.254 e. The van der Waals surface area contributed by atoms with Crippen LogP contribution in [-0.2, 0) is 11.2 Å². The quantitative estimate of drug-likeness (QED) is 0.867. The van der Waals surface area contributed by atoms with E-state index in [0.717, 1.165) is 50.4 Å². The van der Waals surface area contributed by atoms with Crippen molar-refractivity contribution < 1.29 is 14.3 Å². The van der Waals surface area contributed by atoms with Crippen LogP contribution in [0.5, 0.6) is 11.5 Å². The van der Waals surface area contributed by atoms with E-state index in [1.165, 1.54) is 5.56 Å². The van der Waals surface area contributed by atoms with E-state index >= 15 is 0 Å². The highest BCUT2D eigenvalue weighted by molar-refractivity contribution is 6.07. The number of fused-ring (bicyclic) bond motifs is 1. The van der Waals surface area contributed by atoms with Crippen LogP contribution in [0.1, 0.15) is 25.3 Å². The van der Waals surface area contributed by atoms with Gasteiger partial charge in [-0.25, -0.2) is 4.99 Å². The van der Waals surface area contributed by atoms with Gasteiger partial charge in [0.25, 0.3) is 5.91 Å². The first-order valence-electron chi connectivity index (χ1n) is 9.65. The maximum absolute atomic E-state index is 12.4. The van der Waals surface area contributed by atoms with Crippen molar-refractivity contribution in [2.75, 3.05) is 40.5 Å². The Morgan fingerprint density at radius 1 is 1.26 bits per heavy atom. The molecule has 1 saturated heterocycles. The van der Waals surface area contributed by atoms with Gasteiger partial charge >= 0.3 is 0 Å². The minimum absolute atomic E-state index is 0.0549. The van der Waals surface area contributed by atoms with Crippen molar-refractivity contribution in [1.82, 2.24) is 15.1 Å². The molecule has 3 aliphatic heterocycles. The molecule has 3 aliphatic rings. The number of guanidine groups is 1. The normalized spacial score (nSPS) is 21.9. The van der Waals surface area contributed by atoms with E-state index in [0.29, 0.717) is 18.7 Å². The molecule has 7 heteroatoms. The molecule has 1 amide bonds. The van der Waals surface area contributed by atoms with Gasteiger partial charge in [-0.05, 0) is 42.9 Å². The summed E-state index contributed by atoms with van der Waals surface area (Å²) in [7, 11) is 3.82. The minimum Gasteiger partial charge on any atom is -0.454 e. The van der Waals surface area contributed by atoms with E-state index in [9.17, 15) is 4.79 Å².